The number of carbonyl (C=O) groups is 1. The largest absolute Gasteiger partial charge is 0.496 e. The lowest BCUT2D eigenvalue weighted by molar-refractivity contribution is 0.0958. The van der Waals surface area contributed by atoms with Crippen molar-refractivity contribution in [2.75, 3.05) is 20.7 Å². The van der Waals surface area contributed by atoms with Gasteiger partial charge in [0.2, 0.25) is 10.0 Å². The van der Waals surface area contributed by atoms with Crippen molar-refractivity contribution < 1.29 is 17.9 Å². The number of amides is 1. The van der Waals surface area contributed by atoms with Crippen LogP contribution in [0.25, 0.3) is 0 Å². The highest BCUT2D eigenvalue weighted by molar-refractivity contribution is 7.89. The molecule has 0 heterocycles. The number of methoxy groups -OCH3 is 1. The van der Waals surface area contributed by atoms with Crippen LogP contribution in [0.3, 0.4) is 0 Å². The molecule has 7 heteroatoms. The highest BCUT2D eigenvalue weighted by atomic mass is 32.2. The van der Waals surface area contributed by atoms with E-state index in [0.717, 1.165) is 5.56 Å². The Bertz CT molecular complexity index is 925. The predicted molar refractivity (Wildman–Crippen MR) is 105 cm³/mol. The first-order valence-electron chi connectivity index (χ1n) is 8.43. The van der Waals surface area contributed by atoms with Gasteiger partial charge in [-0.05, 0) is 31.2 Å². The zero-order valence-corrected chi connectivity index (χ0v) is 16.5. The third-order valence-corrected chi connectivity index (χ3v) is 6.24. The monoisotopic (exact) mass is 388 g/mol. The number of hydrogen-bond acceptors (Lipinski definition) is 4. The first-order valence-corrected chi connectivity index (χ1v) is 9.87. The van der Waals surface area contributed by atoms with Crippen molar-refractivity contribution in [1.29, 1.82) is 0 Å². The number of carbonyl (C=O) groups excluding carboxylic acids is 1. The van der Waals surface area contributed by atoms with Crippen LogP contribution in [-0.4, -0.2) is 39.3 Å². The standard InChI is InChI=1S/C20H24N2O4S/c1-5-13-21-20(23)16-9-8-10-17(14-16)27(24,25)22(3)15(2)18-11-6-7-12-19(18)26-4/h5-12,14-15H,1,13H2,2-4H3,(H,21,23). The number of benzene rings is 2. The van der Waals surface area contributed by atoms with Crippen molar-refractivity contribution in [1.82, 2.24) is 9.62 Å². The van der Waals surface area contributed by atoms with Crippen molar-refractivity contribution in [2.45, 2.75) is 17.9 Å². The van der Waals surface area contributed by atoms with Gasteiger partial charge in [-0.3, -0.25) is 4.79 Å². The molecule has 0 aromatic heterocycles. The van der Waals surface area contributed by atoms with Gasteiger partial charge in [-0.15, -0.1) is 6.58 Å². The molecule has 0 radical (unpaired) electrons. The van der Waals surface area contributed by atoms with E-state index in [1.165, 1.54) is 23.5 Å². The Morgan fingerprint density at radius 2 is 1.96 bits per heavy atom. The molecular formula is C20H24N2O4S. The summed E-state index contributed by atoms with van der Waals surface area (Å²) in [4.78, 5) is 12.2. The van der Waals surface area contributed by atoms with Crippen molar-refractivity contribution in [2.24, 2.45) is 0 Å². The van der Waals surface area contributed by atoms with Gasteiger partial charge in [0, 0.05) is 24.7 Å². The van der Waals surface area contributed by atoms with E-state index in [9.17, 15) is 13.2 Å². The summed E-state index contributed by atoms with van der Waals surface area (Å²) in [6, 6.07) is 12.8. The summed E-state index contributed by atoms with van der Waals surface area (Å²) in [6.07, 6.45) is 1.56. The zero-order chi connectivity index (χ0) is 20.0. The fourth-order valence-corrected chi connectivity index (χ4v) is 4.04. The van der Waals surface area contributed by atoms with E-state index in [-0.39, 0.29) is 16.4 Å². The van der Waals surface area contributed by atoms with E-state index in [1.807, 2.05) is 18.2 Å². The molecule has 144 valence electrons. The lowest BCUT2D eigenvalue weighted by Crippen LogP contribution is -2.30. The Labute approximate surface area is 160 Å². The molecule has 1 atom stereocenters. The molecule has 1 amide bonds. The molecule has 2 aromatic rings. The van der Waals surface area contributed by atoms with Gasteiger partial charge in [-0.2, -0.15) is 4.31 Å². The smallest absolute Gasteiger partial charge is 0.251 e. The van der Waals surface area contributed by atoms with Crippen LogP contribution in [0.1, 0.15) is 28.9 Å². The Morgan fingerprint density at radius 3 is 2.63 bits per heavy atom. The summed E-state index contributed by atoms with van der Waals surface area (Å²) in [7, 11) is -0.752. The first kappa shape index (κ1) is 20.7. The summed E-state index contributed by atoms with van der Waals surface area (Å²) >= 11 is 0. The van der Waals surface area contributed by atoms with Crippen LogP contribution in [0, 0.1) is 0 Å². The molecule has 27 heavy (non-hydrogen) atoms. The van der Waals surface area contributed by atoms with E-state index < -0.39 is 16.1 Å². The molecule has 0 aliphatic carbocycles. The number of rotatable bonds is 8. The van der Waals surface area contributed by atoms with E-state index in [2.05, 4.69) is 11.9 Å². The molecule has 0 bridgehead atoms. The molecule has 0 spiro atoms. The molecule has 1 N–H and O–H groups in total. The maximum atomic E-state index is 13.1. The second-order valence-corrected chi connectivity index (χ2v) is 7.96. The quantitative estimate of drug-likeness (QED) is 0.706. The van der Waals surface area contributed by atoms with Crippen LogP contribution in [-0.2, 0) is 10.0 Å². The molecule has 0 saturated carbocycles. The summed E-state index contributed by atoms with van der Waals surface area (Å²) in [5, 5.41) is 2.64. The van der Waals surface area contributed by atoms with E-state index >= 15 is 0 Å². The fourth-order valence-electron chi connectivity index (χ4n) is 2.65. The van der Waals surface area contributed by atoms with Gasteiger partial charge in [0.1, 0.15) is 5.75 Å². The number of ether oxygens (including phenoxy) is 1. The number of sulfonamides is 1. The third kappa shape index (κ3) is 4.56. The molecule has 6 nitrogen and oxygen atoms in total. The summed E-state index contributed by atoms with van der Waals surface area (Å²) in [5.41, 5.74) is 1.03. The van der Waals surface area contributed by atoms with Crippen LogP contribution in [0.2, 0.25) is 0 Å². The number of nitrogens with one attached hydrogen (secondary N) is 1. The lowest BCUT2D eigenvalue weighted by atomic mass is 10.1. The molecule has 1 unspecified atom stereocenters. The second kappa shape index (κ2) is 8.83. The van der Waals surface area contributed by atoms with Crippen LogP contribution >= 0.6 is 0 Å². The Morgan fingerprint density at radius 1 is 1.26 bits per heavy atom. The van der Waals surface area contributed by atoms with Gasteiger partial charge in [-0.1, -0.05) is 30.3 Å². The average Bonchev–Trinajstić information content (AvgIpc) is 2.70. The molecule has 2 aromatic carbocycles. The predicted octanol–water partition coefficient (Wildman–Crippen LogP) is 2.99. The van der Waals surface area contributed by atoms with E-state index in [0.29, 0.717) is 12.3 Å². The molecule has 0 aliphatic heterocycles. The number of nitrogens with zero attached hydrogens (tertiary/aromatic N) is 1. The second-order valence-electron chi connectivity index (χ2n) is 5.97. The Balaban J connectivity index is 2.34. The SMILES string of the molecule is C=CCNC(=O)c1cccc(S(=O)(=O)N(C)C(C)c2ccccc2OC)c1. The molecule has 0 fully saturated rings. The highest BCUT2D eigenvalue weighted by Crippen LogP contribution is 2.31. The van der Waals surface area contributed by atoms with Gasteiger partial charge >= 0.3 is 0 Å². The van der Waals surface area contributed by atoms with Gasteiger partial charge in [-0.25, -0.2) is 8.42 Å². The van der Waals surface area contributed by atoms with Gasteiger partial charge in [0.05, 0.1) is 18.0 Å². The van der Waals surface area contributed by atoms with Crippen LogP contribution < -0.4 is 10.1 Å². The normalized spacial score (nSPS) is 12.4. The maximum absolute atomic E-state index is 13.1. The van der Waals surface area contributed by atoms with Crippen molar-refractivity contribution in [3.8, 4) is 5.75 Å². The third-order valence-electron chi connectivity index (χ3n) is 4.31. The first-order chi connectivity index (χ1) is 12.8. The number of hydrogen-bond donors (Lipinski definition) is 1. The minimum atomic E-state index is -3.81. The zero-order valence-electron chi connectivity index (χ0n) is 15.7. The highest BCUT2D eigenvalue weighted by Gasteiger charge is 2.28. The summed E-state index contributed by atoms with van der Waals surface area (Å²) in [5.74, 6) is 0.261. The minimum Gasteiger partial charge on any atom is -0.496 e. The summed E-state index contributed by atoms with van der Waals surface area (Å²) in [6.45, 7) is 5.63. The molecule has 0 saturated heterocycles. The van der Waals surface area contributed by atoms with Crippen LogP contribution in [0.15, 0.2) is 66.1 Å². The van der Waals surface area contributed by atoms with Crippen molar-refractivity contribution in [3.63, 3.8) is 0 Å². The van der Waals surface area contributed by atoms with Crippen molar-refractivity contribution in [3.05, 3.63) is 72.3 Å². The Kier molecular flexibility index (Phi) is 6.76. The Hall–Kier alpha value is -2.64. The van der Waals surface area contributed by atoms with Gasteiger partial charge in [0.15, 0.2) is 0 Å². The minimum absolute atomic E-state index is 0.0537. The van der Waals surface area contributed by atoms with E-state index in [4.69, 9.17) is 4.74 Å². The molecular weight excluding hydrogens is 364 g/mol. The molecule has 0 aliphatic rings. The molecule has 2 rings (SSSR count). The summed E-state index contributed by atoms with van der Waals surface area (Å²) < 4.78 is 32.8. The average molecular weight is 388 g/mol. The van der Waals surface area contributed by atoms with Gasteiger partial charge < -0.3 is 10.1 Å². The van der Waals surface area contributed by atoms with Crippen LogP contribution in [0.5, 0.6) is 5.75 Å². The van der Waals surface area contributed by atoms with Crippen LogP contribution in [0.4, 0.5) is 0 Å². The maximum Gasteiger partial charge on any atom is 0.251 e. The number of para-hydroxylation sites is 1. The van der Waals surface area contributed by atoms with Crippen molar-refractivity contribution >= 4 is 15.9 Å². The van der Waals surface area contributed by atoms with E-state index in [1.54, 1.807) is 38.3 Å². The lowest BCUT2D eigenvalue weighted by Gasteiger charge is -2.26. The fraction of sp³-hybridized carbons (Fsp3) is 0.250. The van der Waals surface area contributed by atoms with Gasteiger partial charge in [0.25, 0.3) is 5.91 Å². The topological polar surface area (TPSA) is 75.7 Å².